The van der Waals surface area contributed by atoms with E-state index in [-0.39, 0.29) is 17.9 Å². The zero-order valence-electron chi connectivity index (χ0n) is 23.4. The van der Waals surface area contributed by atoms with Gasteiger partial charge >= 0.3 is 0 Å². The largest absolute Gasteiger partial charge is 0.417 e. The fraction of sp³-hybridized carbons (Fsp3) is 0.759. The Morgan fingerprint density at radius 1 is 0.941 bits per heavy atom. The van der Waals surface area contributed by atoms with Gasteiger partial charge in [-0.05, 0) is 43.5 Å². The minimum Gasteiger partial charge on any atom is -0.417 e. The molecule has 0 aliphatic heterocycles. The third-order valence-corrected chi connectivity index (χ3v) is 12.3. The van der Waals surface area contributed by atoms with Crippen LogP contribution in [0.1, 0.15) is 104 Å². The number of unbranched alkanes of at least 4 members (excludes halogenated alkanes) is 7. The van der Waals surface area contributed by atoms with Gasteiger partial charge in [-0.2, -0.15) is 0 Å². The number of hydrogen-bond donors (Lipinski definition) is 1. The fourth-order valence-electron chi connectivity index (χ4n) is 3.97. The lowest BCUT2D eigenvalue weighted by molar-refractivity contribution is -0.138. The molecule has 0 unspecified atom stereocenters. The first-order valence-corrected chi connectivity index (χ1v) is 16.4. The van der Waals surface area contributed by atoms with Crippen molar-refractivity contribution in [2.75, 3.05) is 13.7 Å². The van der Waals surface area contributed by atoms with E-state index in [1.54, 1.807) is 4.90 Å². The van der Waals surface area contributed by atoms with Crippen LogP contribution in [0, 0.1) is 5.92 Å². The maximum Gasteiger partial charge on any atom is 0.225 e. The SMILES string of the molecule is C[C@H]([C@H](O)c1ccccc1)N(C)C(=O)[C@@H](C)CCCCCCCCCCO[Si](C)(C)C(C)(C)C. The highest BCUT2D eigenvalue weighted by Crippen LogP contribution is 2.36. The summed E-state index contributed by atoms with van der Waals surface area (Å²) < 4.78 is 6.26. The third kappa shape index (κ3) is 10.6. The van der Waals surface area contributed by atoms with Gasteiger partial charge in [-0.1, -0.05) is 103 Å². The van der Waals surface area contributed by atoms with E-state index in [2.05, 4.69) is 33.9 Å². The summed E-state index contributed by atoms with van der Waals surface area (Å²) in [6, 6.07) is 9.34. The van der Waals surface area contributed by atoms with Crippen LogP contribution in [0.25, 0.3) is 0 Å². The van der Waals surface area contributed by atoms with E-state index in [4.69, 9.17) is 4.43 Å². The van der Waals surface area contributed by atoms with Crippen LogP contribution in [-0.4, -0.2) is 43.9 Å². The molecule has 0 heterocycles. The molecule has 0 aromatic heterocycles. The van der Waals surface area contributed by atoms with Crippen LogP contribution in [-0.2, 0) is 9.22 Å². The van der Waals surface area contributed by atoms with Gasteiger partial charge in [0.1, 0.15) is 0 Å². The van der Waals surface area contributed by atoms with Crippen LogP contribution < -0.4 is 0 Å². The first-order chi connectivity index (χ1) is 15.9. The molecule has 1 amide bonds. The summed E-state index contributed by atoms with van der Waals surface area (Å²) in [4.78, 5) is 14.6. The lowest BCUT2D eigenvalue weighted by Gasteiger charge is -2.36. The number of likely N-dealkylation sites (N-methyl/N-ethyl adjacent to an activating group) is 1. The molecular weight excluding hydrogens is 438 g/mol. The average molecular weight is 492 g/mol. The summed E-state index contributed by atoms with van der Waals surface area (Å²) in [6.07, 6.45) is 10.1. The first kappa shape index (κ1) is 30.9. The van der Waals surface area contributed by atoms with Crippen molar-refractivity contribution in [3.8, 4) is 0 Å². The number of aliphatic hydroxyl groups is 1. The summed E-state index contributed by atoms with van der Waals surface area (Å²) >= 11 is 0. The highest BCUT2D eigenvalue weighted by Gasteiger charge is 2.36. The molecule has 0 spiro atoms. The summed E-state index contributed by atoms with van der Waals surface area (Å²) in [7, 11) is 0.225. The highest BCUT2D eigenvalue weighted by molar-refractivity contribution is 6.74. The Bertz CT molecular complexity index is 686. The van der Waals surface area contributed by atoms with Gasteiger partial charge in [0.15, 0.2) is 8.32 Å². The lowest BCUT2D eigenvalue weighted by atomic mass is 9.98. The Morgan fingerprint density at radius 3 is 1.97 bits per heavy atom. The predicted molar refractivity (Wildman–Crippen MR) is 147 cm³/mol. The molecule has 0 aliphatic carbocycles. The maximum atomic E-state index is 12.8. The summed E-state index contributed by atoms with van der Waals surface area (Å²) in [6.45, 7) is 16.4. The molecule has 5 heteroatoms. The van der Waals surface area contributed by atoms with E-state index in [0.717, 1.165) is 25.0 Å². The number of carbonyl (C=O) groups excluding carboxylic acids is 1. The van der Waals surface area contributed by atoms with Crippen LogP contribution >= 0.6 is 0 Å². The zero-order valence-corrected chi connectivity index (χ0v) is 24.4. The van der Waals surface area contributed by atoms with Crippen molar-refractivity contribution in [1.82, 2.24) is 4.90 Å². The number of carbonyl (C=O) groups is 1. The molecule has 1 aromatic carbocycles. The van der Waals surface area contributed by atoms with Crippen molar-refractivity contribution < 1.29 is 14.3 Å². The van der Waals surface area contributed by atoms with Crippen molar-refractivity contribution in [2.24, 2.45) is 5.92 Å². The molecule has 0 saturated heterocycles. The summed E-state index contributed by atoms with van der Waals surface area (Å²) in [5.41, 5.74) is 0.852. The molecule has 1 N–H and O–H groups in total. The zero-order chi connectivity index (χ0) is 25.8. The second-order valence-corrected chi connectivity index (χ2v) is 16.5. The van der Waals surface area contributed by atoms with Crippen molar-refractivity contribution in [2.45, 2.75) is 123 Å². The predicted octanol–water partition coefficient (Wildman–Crippen LogP) is 7.74. The van der Waals surface area contributed by atoms with Crippen molar-refractivity contribution in [3.05, 3.63) is 35.9 Å². The quantitative estimate of drug-likeness (QED) is 0.190. The number of benzene rings is 1. The van der Waals surface area contributed by atoms with Gasteiger partial charge in [0.2, 0.25) is 5.91 Å². The van der Waals surface area contributed by atoms with Crippen LogP contribution in [0.15, 0.2) is 30.3 Å². The van der Waals surface area contributed by atoms with E-state index in [9.17, 15) is 9.90 Å². The summed E-state index contributed by atoms with van der Waals surface area (Å²) in [5, 5.41) is 10.9. The molecule has 4 nitrogen and oxygen atoms in total. The second-order valence-electron chi connectivity index (χ2n) is 11.7. The molecule has 0 saturated carbocycles. The molecule has 0 aliphatic rings. The normalized spacial score (nSPS) is 15.1. The maximum absolute atomic E-state index is 12.8. The Kier molecular flexibility index (Phi) is 13.7. The van der Waals surface area contributed by atoms with Gasteiger partial charge in [0, 0.05) is 19.6 Å². The van der Waals surface area contributed by atoms with E-state index >= 15 is 0 Å². The van der Waals surface area contributed by atoms with Gasteiger partial charge in [-0.15, -0.1) is 0 Å². The number of amides is 1. The smallest absolute Gasteiger partial charge is 0.225 e. The monoisotopic (exact) mass is 491 g/mol. The fourth-order valence-corrected chi connectivity index (χ4v) is 5.06. The van der Waals surface area contributed by atoms with Gasteiger partial charge < -0.3 is 14.4 Å². The highest BCUT2D eigenvalue weighted by atomic mass is 28.4. The summed E-state index contributed by atoms with van der Waals surface area (Å²) in [5.74, 6) is 0.124. The van der Waals surface area contributed by atoms with E-state index in [0.29, 0.717) is 5.04 Å². The first-order valence-electron chi connectivity index (χ1n) is 13.5. The van der Waals surface area contributed by atoms with Gasteiger partial charge in [0.05, 0.1) is 12.1 Å². The molecule has 1 rings (SSSR count). The Labute approximate surface area is 211 Å². The van der Waals surface area contributed by atoms with Gasteiger partial charge in [-0.25, -0.2) is 0 Å². The average Bonchev–Trinajstić information content (AvgIpc) is 2.80. The molecule has 3 atom stereocenters. The Morgan fingerprint density at radius 2 is 1.44 bits per heavy atom. The van der Waals surface area contributed by atoms with E-state index in [1.165, 1.54) is 44.9 Å². The standard InChI is InChI=1S/C29H53NO3Si/c1-24(28(32)30(6)25(2)27(31)26-21-17-15-18-22-26)20-16-13-11-9-10-12-14-19-23-33-34(7,8)29(3,4)5/h15,17-18,21-22,24-25,27,31H,9-14,16,19-20,23H2,1-8H3/t24-,25+,27-/m0/s1. The minimum absolute atomic E-state index is 0.00340. The van der Waals surface area contributed by atoms with Gasteiger partial charge in [0.25, 0.3) is 0 Å². The van der Waals surface area contributed by atoms with Crippen LogP contribution in [0.5, 0.6) is 0 Å². The lowest BCUT2D eigenvalue weighted by Crippen LogP contribution is -2.41. The second kappa shape index (κ2) is 15.1. The third-order valence-electron chi connectivity index (χ3n) is 7.78. The number of nitrogens with zero attached hydrogens (tertiary/aromatic N) is 1. The molecule has 196 valence electrons. The Hall–Kier alpha value is -1.17. The molecule has 0 fully saturated rings. The Balaban J connectivity index is 2.12. The molecule has 0 bridgehead atoms. The molecule has 0 radical (unpaired) electrons. The number of rotatable bonds is 16. The number of hydrogen-bond acceptors (Lipinski definition) is 3. The van der Waals surface area contributed by atoms with E-state index in [1.807, 2.05) is 51.2 Å². The topological polar surface area (TPSA) is 49.8 Å². The molecule has 1 aromatic rings. The molecule has 34 heavy (non-hydrogen) atoms. The van der Waals surface area contributed by atoms with Crippen LogP contribution in [0.3, 0.4) is 0 Å². The van der Waals surface area contributed by atoms with E-state index < -0.39 is 14.4 Å². The van der Waals surface area contributed by atoms with Crippen LogP contribution in [0.4, 0.5) is 0 Å². The van der Waals surface area contributed by atoms with Crippen molar-refractivity contribution in [1.29, 1.82) is 0 Å². The van der Waals surface area contributed by atoms with Gasteiger partial charge in [-0.3, -0.25) is 4.79 Å². The molecular formula is C29H53NO3Si. The number of aliphatic hydroxyl groups excluding tert-OH is 1. The van der Waals surface area contributed by atoms with Crippen molar-refractivity contribution in [3.63, 3.8) is 0 Å². The van der Waals surface area contributed by atoms with Crippen molar-refractivity contribution >= 4 is 14.2 Å². The van der Waals surface area contributed by atoms with Crippen LogP contribution in [0.2, 0.25) is 18.1 Å². The minimum atomic E-state index is -1.59.